The van der Waals surface area contributed by atoms with Crippen LogP contribution in [-0.2, 0) is 4.52 Å². The summed E-state index contributed by atoms with van der Waals surface area (Å²) in [6.45, 7) is 5.35. The molecule has 0 radical (unpaired) electrons. The summed E-state index contributed by atoms with van der Waals surface area (Å²) in [7, 11) is -2.50. The first-order valence-electron chi connectivity index (χ1n) is 4.40. The lowest BCUT2D eigenvalue weighted by atomic mass is 9.88. The highest BCUT2D eigenvalue weighted by Gasteiger charge is 2.27. The van der Waals surface area contributed by atoms with Gasteiger partial charge in [-0.25, -0.2) is 0 Å². The fourth-order valence-corrected chi connectivity index (χ4v) is 1.54. The molecule has 0 aliphatic rings. The van der Waals surface area contributed by atoms with Crippen molar-refractivity contribution in [3.05, 3.63) is 0 Å². The quantitative estimate of drug-likeness (QED) is 0.508. The van der Waals surface area contributed by atoms with Gasteiger partial charge in [0, 0.05) is 0 Å². The average Bonchev–Trinajstić information content (AvgIpc) is 1.98. The van der Waals surface area contributed by atoms with Crippen LogP contribution >= 0.6 is 8.60 Å². The second kappa shape index (κ2) is 5.95. The summed E-state index contributed by atoms with van der Waals surface area (Å²) in [4.78, 5) is 17.3. The van der Waals surface area contributed by atoms with Crippen LogP contribution in [0.1, 0.15) is 27.2 Å². The molecule has 0 rings (SSSR count). The van der Waals surface area contributed by atoms with Crippen molar-refractivity contribution in [2.45, 2.75) is 39.4 Å². The molecular weight excluding hydrogens is 207 g/mol. The van der Waals surface area contributed by atoms with Crippen LogP contribution in [0.2, 0.25) is 0 Å². The molecule has 0 saturated carbocycles. The van der Waals surface area contributed by atoms with Gasteiger partial charge in [0.15, 0.2) is 0 Å². The number of aliphatic hydroxyl groups excluding tert-OH is 2. The SMILES string of the molecule is CC(C)(C)CC(OP(O)O)C(O)CO. The van der Waals surface area contributed by atoms with E-state index >= 15 is 0 Å². The highest BCUT2D eigenvalue weighted by Crippen LogP contribution is 2.33. The van der Waals surface area contributed by atoms with E-state index in [4.69, 9.17) is 19.4 Å². The van der Waals surface area contributed by atoms with Gasteiger partial charge in [0.25, 0.3) is 0 Å². The lowest BCUT2D eigenvalue weighted by molar-refractivity contribution is -0.0224. The molecule has 4 N–H and O–H groups in total. The van der Waals surface area contributed by atoms with Gasteiger partial charge in [-0.15, -0.1) is 0 Å². The molecule has 5 nitrogen and oxygen atoms in total. The maximum atomic E-state index is 9.34. The second-order valence-electron chi connectivity index (χ2n) is 4.41. The van der Waals surface area contributed by atoms with Gasteiger partial charge in [-0.05, 0) is 11.8 Å². The van der Waals surface area contributed by atoms with E-state index in [1.165, 1.54) is 0 Å². The Labute approximate surface area is 85.3 Å². The van der Waals surface area contributed by atoms with Gasteiger partial charge >= 0.3 is 8.60 Å². The summed E-state index contributed by atoms with van der Waals surface area (Å²) in [6.07, 6.45) is -1.39. The van der Waals surface area contributed by atoms with E-state index in [-0.39, 0.29) is 5.41 Å². The van der Waals surface area contributed by atoms with Gasteiger partial charge < -0.3 is 24.5 Å². The standard InChI is InChI=1S/C8H19O5P/c1-8(2,3)4-7(6(10)5-9)13-14(11)12/h6-7,9-12H,4-5H2,1-3H3. The lowest BCUT2D eigenvalue weighted by Gasteiger charge is -2.28. The van der Waals surface area contributed by atoms with Crippen LogP contribution in [-0.4, -0.2) is 38.8 Å². The van der Waals surface area contributed by atoms with Gasteiger partial charge in [0.2, 0.25) is 0 Å². The molecule has 0 aromatic carbocycles. The van der Waals surface area contributed by atoms with Gasteiger partial charge in [0.05, 0.1) is 12.7 Å². The monoisotopic (exact) mass is 226 g/mol. The van der Waals surface area contributed by atoms with Crippen LogP contribution < -0.4 is 0 Å². The summed E-state index contributed by atoms with van der Waals surface area (Å²) in [5.41, 5.74) is -0.119. The maximum absolute atomic E-state index is 9.34. The predicted molar refractivity (Wildman–Crippen MR) is 53.4 cm³/mol. The Kier molecular flexibility index (Phi) is 6.05. The van der Waals surface area contributed by atoms with E-state index in [1.54, 1.807) is 0 Å². The topological polar surface area (TPSA) is 90.2 Å². The molecule has 2 unspecified atom stereocenters. The zero-order chi connectivity index (χ0) is 11.4. The first-order valence-corrected chi connectivity index (χ1v) is 5.56. The van der Waals surface area contributed by atoms with Gasteiger partial charge in [-0.2, -0.15) is 0 Å². The van der Waals surface area contributed by atoms with Crippen molar-refractivity contribution in [2.24, 2.45) is 5.41 Å². The lowest BCUT2D eigenvalue weighted by Crippen LogP contribution is -2.34. The van der Waals surface area contributed by atoms with Crippen LogP contribution in [0.25, 0.3) is 0 Å². The number of rotatable bonds is 5. The molecule has 2 atom stereocenters. The molecule has 14 heavy (non-hydrogen) atoms. The third-order valence-corrected chi connectivity index (χ3v) is 2.12. The van der Waals surface area contributed by atoms with E-state index in [2.05, 4.69) is 0 Å². The molecule has 0 aliphatic carbocycles. The summed E-state index contributed by atoms with van der Waals surface area (Å²) in [5.74, 6) is 0. The minimum absolute atomic E-state index is 0.119. The van der Waals surface area contributed by atoms with Crippen LogP contribution in [0.15, 0.2) is 0 Å². The van der Waals surface area contributed by atoms with E-state index in [0.29, 0.717) is 6.42 Å². The van der Waals surface area contributed by atoms with Crippen molar-refractivity contribution < 1.29 is 24.5 Å². The minimum atomic E-state index is -2.50. The largest absolute Gasteiger partial charge is 0.394 e. The summed E-state index contributed by atoms with van der Waals surface area (Å²) in [5, 5.41) is 18.1. The fourth-order valence-electron chi connectivity index (χ4n) is 1.09. The zero-order valence-corrected chi connectivity index (χ0v) is 9.61. The molecule has 6 heteroatoms. The summed E-state index contributed by atoms with van der Waals surface area (Å²) >= 11 is 0. The molecule has 0 heterocycles. The predicted octanol–water partition coefficient (Wildman–Crippen LogP) is 0.372. The summed E-state index contributed by atoms with van der Waals surface area (Å²) in [6, 6.07) is 0. The molecule has 0 spiro atoms. The normalized spacial score (nSPS) is 17.1. The summed E-state index contributed by atoms with van der Waals surface area (Å²) < 4.78 is 4.74. The highest BCUT2D eigenvalue weighted by atomic mass is 31.2. The smallest absolute Gasteiger partial charge is 0.327 e. The van der Waals surface area contributed by atoms with Crippen molar-refractivity contribution in [1.82, 2.24) is 0 Å². The van der Waals surface area contributed by atoms with Gasteiger partial charge in [0.1, 0.15) is 6.10 Å². The Morgan fingerprint density at radius 3 is 2.07 bits per heavy atom. The molecule has 0 saturated heterocycles. The van der Waals surface area contributed by atoms with E-state index in [9.17, 15) is 5.11 Å². The van der Waals surface area contributed by atoms with Crippen LogP contribution in [0, 0.1) is 5.41 Å². The Hall–Kier alpha value is 0.230. The highest BCUT2D eigenvalue weighted by molar-refractivity contribution is 7.39. The molecule has 0 fully saturated rings. The molecular formula is C8H19O5P. The molecule has 0 aromatic heterocycles. The van der Waals surface area contributed by atoms with Crippen molar-refractivity contribution in [3.63, 3.8) is 0 Å². The third kappa shape index (κ3) is 6.65. The first kappa shape index (κ1) is 14.2. The van der Waals surface area contributed by atoms with E-state index in [1.807, 2.05) is 20.8 Å². The zero-order valence-electron chi connectivity index (χ0n) is 8.71. The Balaban J connectivity index is 4.25. The molecule has 0 aromatic rings. The number of hydrogen-bond donors (Lipinski definition) is 4. The maximum Gasteiger partial charge on any atom is 0.327 e. The van der Waals surface area contributed by atoms with Crippen LogP contribution in [0.4, 0.5) is 0 Å². The Morgan fingerprint density at radius 1 is 1.29 bits per heavy atom. The van der Waals surface area contributed by atoms with Gasteiger partial charge in [-0.1, -0.05) is 20.8 Å². The number of hydrogen-bond acceptors (Lipinski definition) is 5. The first-order chi connectivity index (χ1) is 6.26. The van der Waals surface area contributed by atoms with Crippen molar-refractivity contribution in [2.75, 3.05) is 6.61 Å². The minimum Gasteiger partial charge on any atom is -0.394 e. The van der Waals surface area contributed by atoms with E-state index < -0.39 is 27.4 Å². The Morgan fingerprint density at radius 2 is 1.79 bits per heavy atom. The van der Waals surface area contributed by atoms with Crippen molar-refractivity contribution in [1.29, 1.82) is 0 Å². The fraction of sp³-hybridized carbons (Fsp3) is 1.00. The van der Waals surface area contributed by atoms with Crippen LogP contribution in [0.5, 0.6) is 0 Å². The molecule has 0 aliphatic heterocycles. The van der Waals surface area contributed by atoms with Crippen LogP contribution in [0.3, 0.4) is 0 Å². The van der Waals surface area contributed by atoms with E-state index in [0.717, 1.165) is 0 Å². The Bertz CT molecular complexity index is 156. The average molecular weight is 226 g/mol. The second-order valence-corrected chi connectivity index (χ2v) is 5.13. The van der Waals surface area contributed by atoms with Gasteiger partial charge in [-0.3, -0.25) is 0 Å². The van der Waals surface area contributed by atoms with Crippen molar-refractivity contribution in [3.8, 4) is 0 Å². The number of aliphatic hydroxyl groups is 2. The third-order valence-electron chi connectivity index (χ3n) is 1.66. The molecule has 0 bridgehead atoms. The van der Waals surface area contributed by atoms with Crippen molar-refractivity contribution >= 4 is 8.60 Å². The molecule has 0 amide bonds. The molecule has 86 valence electrons.